The largest absolute Gasteiger partial charge is 0.492 e. The molecule has 3 aromatic heterocycles. The topological polar surface area (TPSA) is 81.4 Å². The van der Waals surface area contributed by atoms with Gasteiger partial charge >= 0.3 is 0 Å². The lowest BCUT2D eigenvalue weighted by Crippen LogP contribution is -2.30. The smallest absolute Gasteiger partial charge is 0.282 e. The molecule has 0 unspecified atom stereocenters. The molecule has 3 heterocycles. The number of rotatable bonds is 6. The number of ether oxygens (including phenoxy) is 1. The van der Waals surface area contributed by atoms with Crippen LogP contribution in [0.1, 0.15) is 28.7 Å². The van der Waals surface area contributed by atoms with Gasteiger partial charge in [-0.3, -0.25) is 14.7 Å². The summed E-state index contributed by atoms with van der Waals surface area (Å²) in [4.78, 5) is 23.6. The molecule has 0 radical (unpaired) electrons. The summed E-state index contributed by atoms with van der Waals surface area (Å²) in [7, 11) is 0. The van der Waals surface area contributed by atoms with Crippen molar-refractivity contribution in [2.75, 3.05) is 11.5 Å². The molecule has 0 saturated carbocycles. The van der Waals surface area contributed by atoms with Crippen molar-refractivity contribution in [3.8, 4) is 5.75 Å². The van der Waals surface area contributed by atoms with E-state index in [-0.39, 0.29) is 11.6 Å². The van der Waals surface area contributed by atoms with Gasteiger partial charge in [0.05, 0.1) is 17.9 Å². The van der Waals surface area contributed by atoms with Crippen molar-refractivity contribution >= 4 is 32.6 Å². The van der Waals surface area contributed by atoms with Crippen molar-refractivity contribution in [2.24, 2.45) is 0 Å². The van der Waals surface area contributed by atoms with E-state index in [9.17, 15) is 4.79 Å². The van der Waals surface area contributed by atoms with E-state index < -0.39 is 0 Å². The van der Waals surface area contributed by atoms with Crippen molar-refractivity contribution in [3.05, 3.63) is 65.8 Å². The van der Waals surface area contributed by atoms with Gasteiger partial charge in [0.15, 0.2) is 10.8 Å². The average molecular weight is 394 g/mol. The third-order valence-electron chi connectivity index (χ3n) is 4.06. The van der Waals surface area contributed by atoms with Gasteiger partial charge in [-0.15, -0.1) is 0 Å². The molecule has 0 aliphatic rings. The van der Waals surface area contributed by atoms with Crippen LogP contribution in [0.25, 0.3) is 10.2 Å². The third kappa shape index (κ3) is 3.59. The molecule has 0 aliphatic carbocycles. The highest BCUT2D eigenvalue weighted by Gasteiger charge is 2.25. The molecule has 0 aliphatic heterocycles. The minimum absolute atomic E-state index is 0.241. The number of nitrogens with zero attached hydrogens (tertiary/aromatic N) is 4. The first-order chi connectivity index (χ1) is 13.7. The number of aromatic nitrogens is 3. The molecule has 1 amide bonds. The van der Waals surface area contributed by atoms with E-state index in [2.05, 4.69) is 10.1 Å². The maximum atomic E-state index is 13.2. The summed E-state index contributed by atoms with van der Waals surface area (Å²) >= 11 is 1.43. The normalized spacial score (nSPS) is 10.9. The van der Waals surface area contributed by atoms with Crippen LogP contribution in [0.15, 0.2) is 53.3 Å². The summed E-state index contributed by atoms with van der Waals surface area (Å²) in [5.41, 5.74) is 1.87. The molecule has 0 bridgehead atoms. The fourth-order valence-electron chi connectivity index (χ4n) is 2.80. The van der Waals surface area contributed by atoms with Crippen LogP contribution >= 0.6 is 11.3 Å². The van der Waals surface area contributed by atoms with E-state index in [0.29, 0.717) is 29.8 Å². The van der Waals surface area contributed by atoms with E-state index in [0.717, 1.165) is 15.8 Å². The Balaban J connectivity index is 1.77. The Kier molecular flexibility index (Phi) is 5.03. The minimum Gasteiger partial charge on any atom is -0.492 e. The number of hydrogen-bond acceptors (Lipinski definition) is 7. The zero-order valence-corrected chi connectivity index (χ0v) is 16.3. The fourth-order valence-corrected chi connectivity index (χ4v) is 3.79. The molecule has 4 aromatic rings. The van der Waals surface area contributed by atoms with Crippen molar-refractivity contribution < 1.29 is 14.1 Å². The van der Waals surface area contributed by atoms with E-state index in [1.807, 2.05) is 37.3 Å². The number of thiazole rings is 1. The predicted octanol–water partition coefficient (Wildman–Crippen LogP) is 4.23. The Morgan fingerprint density at radius 1 is 1.29 bits per heavy atom. The Bertz CT molecular complexity index is 1110. The first-order valence-corrected chi connectivity index (χ1v) is 9.64. The lowest BCUT2D eigenvalue weighted by atomic mass is 10.2. The number of aryl methyl sites for hydroxylation is 1. The molecule has 7 nitrogen and oxygen atoms in total. The molecule has 0 saturated heterocycles. The molecular weight excluding hydrogens is 376 g/mol. The summed E-state index contributed by atoms with van der Waals surface area (Å²) in [6, 6.07) is 11.1. The highest BCUT2D eigenvalue weighted by Crippen LogP contribution is 2.35. The summed E-state index contributed by atoms with van der Waals surface area (Å²) in [5, 5.41) is 4.44. The van der Waals surface area contributed by atoms with Crippen LogP contribution in [0.5, 0.6) is 5.75 Å². The number of anilines is 1. The average Bonchev–Trinajstić information content (AvgIpc) is 3.33. The van der Waals surface area contributed by atoms with Crippen LogP contribution in [0, 0.1) is 6.92 Å². The van der Waals surface area contributed by atoms with Crippen LogP contribution in [-0.4, -0.2) is 27.6 Å². The van der Waals surface area contributed by atoms with E-state index >= 15 is 0 Å². The second-order valence-electron chi connectivity index (χ2n) is 6.11. The van der Waals surface area contributed by atoms with Crippen molar-refractivity contribution in [1.29, 1.82) is 0 Å². The molecular formula is C20H18N4O3S. The van der Waals surface area contributed by atoms with Gasteiger partial charge in [0.1, 0.15) is 17.0 Å². The van der Waals surface area contributed by atoms with Crippen LogP contribution in [-0.2, 0) is 6.54 Å². The van der Waals surface area contributed by atoms with Crippen molar-refractivity contribution in [1.82, 2.24) is 15.1 Å². The lowest BCUT2D eigenvalue weighted by Gasteiger charge is -2.18. The number of hydrogen-bond donors (Lipinski definition) is 0. The standard InChI is InChI=1S/C20H18N4O3S/c1-3-26-16-7-4-8-17-18(16)22-20(28-17)24(12-14-6-5-9-21-11-14)19(25)15-10-13(2)27-23-15/h4-11H,3,12H2,1-2H3. The molecule has 1 aromatic carbocycles. The maximum Gasteiger partial charge on any atom is 0.282 e. The van der Waals surface area contributed by atoms with Gasteiger partial charge in [-0.2, -0.15) is 0 Å². The number of fused-ring (bicyclic) bond motifs is 1. The Morgan fingerprint density at radius 2 is 2.18 bits per heavy atom. The van der Waals surface area contributed by atoms with Crippen LogP contribution in [0.4, 0.5) is 5.13 Å². The number of para-hydroxylation sites is 1. The summed E-state index contributed by atoms with van der Waals surface area (Å²) in [6.45, 7) is 4.55. The Morgan fingerprint density at radius 3 is 2.89 bits per heavy atom. The Labute approximate surface area is 165 Å². The number of pyridine rings is 1. The lowest BCUT2D eigenvalue weighted by molar-refractivity contribution is 0.0976. The molecule has 0 atom stereocenters. The zero-order chi connectivity index (χ0) is 19.5. The molecule has 8 heteroatoms. The predicted molar refractivity (Wildman–Crippen MR) is 107 cm³/mol. The monoisotopic (exact) mass is 394 g/mol. The summed E-state index contributed by atoms with van der Waals surface area (Å²) in [5.74, 6) is 0.999. The molecule has 4 rings (SSSR count). The van der Waals surface area contributed by atoms with Crippen molar-refractivity contribution in [3.63, 3.8) is 0 Å². The van der Waals surface area contributed by atoms with Gasteiger partial charge in [-0.25, -0.2) is 4.98 Å². The van der Waals surface area contributed by atoms with Gasteiger partial charge in [-0.1, -0.05) is 28.6 Å². The molecule has 142 valence electrons. The molecule has 0 fully saturated rings. The SMILES string of the molecule is CCOc1cccc2sc(N(Cc3cccnc3)C(=O)c3cc(C)on3)nc12. The van der Waals surface area contributed by atoms with E-state index in [1.54, 1.807) is 30.3 Å². The number of amides is 1. The first kappa shape index (κ1) is 18.1. The Hall–Kier alpha value is -3.26. The summed E-state index contributed by atoms with van der Waals surface area (Å²) in [6.07, 6.45) is 3.43. The van der Waals surface area contributed by atoms with Gasteiger partial charge in [-0.05, 0) is 37.6 Å². The second-order valence-corrected chi connectivity index (χ2v) is 7.12. The van der Waals surface area contributed by atoms with Gasteiger partial charge in [0.2, 0.25) is 0 Å². The van der Waals surface area contributed by atoms with Crippen molar-refractivity contribution in [2.45, 2.75) is 20.4 Å². The van der Waals surface area contributed by atoms with E-state index in [4.69, 9.17) is 14.2 Å². The van der Waals surface area contributed by atoms with Gasteiger partial charge in [0, 0.05) is 18.5 Å². The molecule has 0 spiro atoms. The zero-order valence-electron chi connectivity index (χ0n) is 15.5. The number of carbonyl (C=O) groups is 1. The summed E-state index contributed by atoms with van der Waals surface area (Å²) < 4.78 is 11.7. The third-order valence-corrected chi connectivity index (χ3v) is 5.10. The molecule has 28 heavy (non-hydrogen) atoms. The molecule has 0 N–H and O–H groups in total. The second kappa shape index (κ2) is 7.77. The van der Waals surface area contributed by atoms with Gasteiger partial charge in [0.25, 0.3) is 5.91 Å². The number of carbonyl (C=O) groups excluding carboxylic acids is 1. The highest BCUT2D eigenvalue weighted by atomic mass is 32.1. The van der Waals surface area contributed by atoms with Crippen LogP contribution in [0.2, 0.25) is 0 Å². The van der Waals surface area contributed by atoms with Crippen LogP contribution < -0.4 is 9.64 Å². The maximum absolute atomic E-state index is 13.2. The fraction of sp³-hybridized carbons (Fsp3) is 0.200. The first-order valence-electron chi connectivity index (χ1n) is 8.82. The highest BCUT2D eigenvalue weighted by molar-refractivity contribution is 7.22. The quantitative estimate of drug-likeness (QED) is 0.487. The minimum atomic E-state index is -0.280. The van der Waals surface area contributed by atoms with E-state index in [1.165, 1.54) is 11.3 Å². The van der Waals surface area contributed by atoms with Gasteiger partial charge < -0.3 is 9.26 Å². The number of benzene rings is 1. The van der Waals surface area contributed by atoms with Crippen LogP contribution in [0.3, 0.4) is 0 Å².